The molecule has 2 saturated heterocycles. The van der Waals surface area contributed by atoms with Crippen LogP contribution in [0.4, 0.5) is 14.9 Å². The fraction of sp³-hybridized carbons (Fsp3) is 0.471. The number of benzene rings is 1. The number of nitrogens with zero attached hydrogens (tertiary/aromatic N) is 2. The van der Waals surface area contributed by atoms with Crippen molar-refractivity contribution >= 4 is 23.5 Å². The molecular weight excluding hydrogens is 327 g/mol. The van der Waals surface area contributed by atoms with Crippen molar-refractivity contribution in [3.05, 3.63) is 30.1 Å². The first-order chi connectivity index (χ1) is 11.9. The van der Waals surface area contributed by atoms with Crippen molar-refractivity contribution in [2.24, 2.45) is 11.7 Å². The molecular formula is C17H21FN4O3. The Morgan fingerprint density at radius 3 is 2.40 bits per heavy atom. The first-order valence-electron chi connectivity index (χ1n) is 8.34. The van der Waals surface area contributed by atoms with Crippen LogP contribution in [0.15, 0.2) is 24.3 Å². The standard InChI is InChI=1S/C17H21FN4O3/c18-12-1-3-14(4-2-12)22-10-13(9-15(22)23)20-17(25)21-7-5-11(6-8-21)16(19)24/h1-4,11,13H,5-10H2,(H2,19,24)(H,20,25). The maximum atomic E-state index is 13.0. The van der Waals surface area contributed by atoms with E-state index in [4.69, 9.17) is 5.73 Å². The third-order valence-corrected chi connectivity index (χ3v) is 4.78. The van der Waals surface area contributed by atoms with Crippen LogP contribution in [0.5, 0.6) is 0 Å². The van der Waals surface area contributed by atoms with Crippen LogP contribution in [-0.4, -0.2) is 48.4 Å². The second-order valence-electron chi connectivity index (χ2n) is 6.49. The summed E-state index contributed by atoms with van der Waals surface area (Å²) >= 11 is 0. The molecule has 2 heterocycles. The molecule has 134 valence electrons. The van der Waals surface area contributed by atoms with Crippen molar-refractivity contribution in [2.45, 2.75) is 25.3 Å². The number of halogens is 1. The van der Waals surface area contributed by atoms with Gasteiger partial charge in [-0.05, 0) is 37.1 Å². The Kier molecular flexibility index (Phi) is 4.87. The molecule has 2 aliphatic heterocycles. The summed E-state index contributed by atoms with van der Waals surface area (Å²) in [7, 11) is 0. The molecule has 0 aliphatic carbocycles. The maximum Gasteiger partial charge on any atom is 0.317 e. The molecule has 8 heteroatoms. The van der Waals surface area contributed by atoms with Gasteiger partial charge in [0.1, 0.15) is 5.82 Å². The number of piperidine rings is 1. The van der Waals surface area contributed by atoms with Crippen LogP contribution < -0.4 is 16.0 Å². The van der Waals surface area contributed by atoms with Gasteiger partial charge in [-0.2, -0.15) is 0 Å². The molecule has 0 spiro atoms. The Hall–Kier alpha value is -2.64. The SMILES string of the molecule is NC(=O)C1CCN(C(=O)NC2CC(=O)N(c3ccc(F)cc3)C2)CC1. The third kappa shape index (κ3) is 3.89. The van der Waals surface area contributed by atoms with E-state index >= 15 is 0 Å². The number of carbonyl (C=O) groups excluding carboxylic acids is 3. The summed E-state index contributed by atoms with van der Waals surface area (Å²) in [6.45, 7) is 1.30. The number of hydrogen-bond acceptors (Lipinski definition) is 3. The average Bonchev–Trinajstić information content (AvgIpc) is 2.96. The van der Waals surface area contributed by atoms with Crippen LogP contribution in [0.25, 0.3) is 0 Å². The highest BCUT2D eigenvalue weighted by molar-refractivity contribution is 5.96. The van der Waals surface area contributed by atoms with Crippen molar-refractivity contribution in [3.63, 3.8) is 0 Å². The lowest BCUT2D eigenvalue weighted by Gasteiger charge is -2.31. The fourth-order valence-corrected chi connectivity index (χ4v) is 3.31. The predicted molar refractivity (Wildman–Crippen MR) is 89.2 cm³/mol. The Morgan fingerprint density at radius 2 is 1.80 bits per heavy atom. The fourth-order valence-electron chi connectivity index (χ4n) is 3.31. The summed E-state index contributed by atoms with van der Waals surface area (Å²) < 4.78 is 13.0. The predicted octanol–water partition coefficient (Wildman–Crippen LogP) is 0.838. The molecule has 3 N–H and O–H groups in total. The van der Waals surface area contributed by atoms with Gasteiger partial charge in [-0.1, -0.05) is 0 Å². The first kappa shape index (κ1) is 17.2. The summed E-state index contributed by atoms with van der Waals surface area (Å²) in [6, 6.07) is 5.17. The number of urea groups is 1. The number of amides is 4. The lowest BCUT2D eigenvalue weighted by atomic mass is 9.96. The van der Waals surface area contributed by atoms with E-state index in [9.17, 15) is 18.8 Å². The van der Waals surface area contributed by atoms with Crippen LogP contribution in [0.3, 0.4) is 0 Å². The van der Waals surface area contributed by atoms with E-state index in [1.54, 1.807) is 21.9 Å². The quantitative estimate of drug-likeness (QED) is 0.847. The largest absolute Gasteiger partial charge is 0.369 e. The van der Waals surface area contributed by atoms with Gasteiger partial charge in [-0.15, -0.1) is 0 Å². The molecule has 0 aromatic heterocycles. The number of nitrogens with one attached hydrogen (secondary N) is 1. The van der Waals surface area contributed by atoms with E-state index in [0.29, 0.717) is 38.2 Å². The average molecular weight is 348 g/mol. The zero-order valence-electron chi connectivity index (χ0n) is 13.8. The summed E-state index contributed by atoms with van der Waals surface area (Å²) in [6.07, 6.45) is 1.34. The smallest absolute Gasteiger partial charge is 0.317 e. The monoisotopic (exact) mass is 348 g/mol. The van der Waals surface area contributed by atoms with Gasteiger partial charge in [0.25, 0.3) is 0 Å². The van der Waals surface area contributed by atoms with E-state index in [1.165, 1.54) is 12.1 Å². The minimum atomic E-state index is -0.361. The highest BCUT2D eigenvalue weighted by Gasteiger charge is 2.33. The second kappa shape index (κ2) is 7.08. The third-order valence-electron chi connectivity index (χ3n) is 4.78. The van der Waals surface area contributed by atoms with E-state index in [-0.39, 0.29) is 42.0 Å². The number of hydrogen-bond donors (Lipinski definition) is 2. The topological polar surface area (TPSA) is 95.7 Å². The number of likely N-dealkylation sites (tertiary alicyclic amines) is 1. The first-order valence-corrected chi connectivity index (χ1v) is 8.34. The molecule has 1 aromatic carbocycles. The maximum absolute atomic E-state index is 13.0. The molecule has 3 rings (SSSR count). The molecule has 2 aliphatic rings. The molecule has 0 radical (unpaired) electrons. The summed E-state index contributed by atoms with van der Waals surface area (Å²) in [5.74, 6) is -0.966. The molecule has 1 aromatic rings. The highest BCUT2D eigenvalue weighted by Crippen LogP contribution is 2.22. The van der Waals surface area contributed by atoms with Gasteiger partial charge in [0.15, 0.2) is 0 Å². The number of primary amides is 1. The van der Waals surface area contributed by atoms with Crippen molar-refractivity contribution < 1.29 is 18.8 Å². The minimum absolute atomic E-state index is 0.107. The molecule has 25 heavy (non-hydrogen) atoms. The van der Waals surface area contributed by atoms with E-state index < -0.39 is 0 Å². The van der Waals surface area contributed by atoms with Crippen molar-refractivity contribution in [1.82, 2.24) is 10.2 Å². The summed E-state index contributed by atoms with van der Waals surface area (Å²) in [5, 5.41) is 2.87. The van der Waals surface area contributed by atoms with Gasteiger partial charge in [-0.3, -0.25) is 9.59 Å². The molecule has 4 amide bonds. The molecule has 2 fully saturated rings. The number of rotatable bonds is 3. The van der Waals surface area contributed by atoms with Gasteiger partial charge >= 0.3 is 6.03 Å². The van der Waals surface area contributed by atoms with Crippen molar-refractivity contribution in [3.8, 4) is 0 Å². The zero-order valence-corrected chi connectivity index (χ0v) is 13.8. The Balaban J connectivity index is 1.54. The number of carbonyl (C=O) groups is 3. The van der Waals surface area contributed by atoms with Crippen LogP contribution >= 0.6 is 0 Å². The lowest BCUT2D eigenvalue weighted by Crippen LogP contribution is -2.49. The van der Waals surface area contributed by atoms with Crippen LogP contribution in [0.2, 0.25) is 0 Å². The molecule has 7 nitrogen and oxygen atoms in total. The van der Waals surface area contributed by atoms with Crippen molar-refractivity contribution in [2.75, 3.05) is 24.5 Å². The zero-order chi connectivity index (χ0) is 18.0. The van der Waals surface area contributed by atoms with Crippen LogP contribution in [-0.2, 0) is 9.59 Å². The van der Waals surface area contributed by atoms with E-state index in [2.05, 4.69) is 5.32 Å². The summed E-state index contributed by atoms with van der Waals surface area (Å²) in [4.78, 5) is 38.9. The van der Waals surface area contributed by atoms with Gasteiger partial charge in [-0.25, -0.2) is 9.18 Å². The minimum Gasteiger partial charge on any atom is -0.369 e. The molecule has 0 bridgehead atoms. The van der Waals surface area contributed by atoms with E-state index in [0.717, 1.165) is 0 Å². The Labute approximate surface area is 144 Å². The van der Waals surface area contributed by atoms with Crippen LogP contribution in [0.1, 0.15) is 19.3 Å². The van der Waals surface area contributed by atoms with Gasteiger partial charge in [0.2, 0.25) is 11.8 Å². The Bertz CT molecular complexity index is 671. The highest BCUT2D eigenvalue weighted by atomic mass is 19.1. The normalized spacial score (nSPS) is 21.5. The van der Waals surface area contributed by atoms with Gasteiger partial charge in [0, 0.05) is 37.7 Å². The molecule has 1 atom stereocenters. The second-order valence-corrected chi connectivity index (χ2v) is 6.49. The lowest BCUT2D eigenvalue weighted by molar-refractivity contribution is -0.123. The van der Waals surface area contributed by atoms with E-state index in [1.807, 2.05) is 0 Å². The Morgan fingerprint density at radius 1 is 1.16 bits per heavy atom. The van der Waals surface area contributed by atoms with Gasteiger partial charge < -0.3 is 20.9 Å². The molecule has 1 unspecified atom stereocenters. The number of nitrogens with two attached hydrogens (primary N) is 1. The number of anilines is 1. The van der Waals surface area contributed by atoms with Crippen LogP contribution in [0, 0.1) is 11.7 Å². The van der Waals surface area contributed by atoms with Crippen molar-refractivity contribution in [1.29, 1.82) is 0 Å². The molecule has 0 saturated carbocycles. The summed E-state index contributed by atoms with van der Waals surface area (Å²) in [5.41, 5.74) is 5.91. The van der Waals surface area contributed by atoms with Gasteiger partial charge in [0.05, 0.1) is 6.04 Å².